The lowest BCUT2D eigenvalue weighted by Crippen LogP contribution is -2.50. The third-order valence-electron chi connectivity index (χ3n) is 5.05. The lowest BCUT2D eigenvalue weighted by atomic mass is 10.0. The van der Waals surface area contributed by atoms with Gasteiger partial charge in [-0.2, -0.15) is 0 Å². The maximum atomic E-state index is 12.5. The van der Waals surface area contributed by atoms with Gasteiger partial charge in [-0.1, -0.05) is 56.3 Å². The Morgan fingerprint density at radius 3 is 2.23 bits per heavy atom. The molecule has 1 N–H and O–H groups in total. The summed E-state index contributed by atoms with van der Waals surface area (Å²) in [6.45, 7) is 8.83. The van der Waals surface area contributed by atoms with Crippen LogP contribution in [0.5, 0.6) is 0 Å². The predicted molar refractivity (Wildman–Crippen MR) is 108 cm³/mol. The van der Waals surface area contributed by atoms with Gasteiger partial charge in [0.05, 0.1) is 0 Å². The van der Waals surface area contributed by atoms with Gasteiger partial charge in [0.25, 0.3) is 0 Å². The first kappa shape index (κ1) is 18.5. The molecule has 1 heterocycles. The summed E-state index contributed by atoms with van der Waals surface area (Å²) in [6, 6.07) is 18.7. The molecule has 0 saturated carbocycles. The van der Waals surface area contributed by atoms with Crippen LogP contribution in [0.3, 0.4) is 0 Å². The highest BCUT2D eigenvalue weighted by Gasteiger charge is 2.20. The smallest absolute Gasteiger partial charge is 0.321 e. The minimum absolute atomic E-state index is 0.00464. The molecule has 138 valence electrons. The van der Waals surface area contributed by atoms with E-state index in [4.69, 9.17) is 0 Å². The van der Waals surface area contributed by atoms with E-state index in [0.717, 1.165) is 44.8 Å². The van der Waals surface area contributed by atoms with E-state index >= 15 is 0 Å². The summed E-state index contributed by atoms with van der Waals surface area (Å²) in [7, 11) is 0. The molecule has 1 aliphatic rings. The first-order valence-electron chi connectivity index (χ1n) is 9.54. The quantitative estimate of drug-likeness (QED) is 0.876. The summed E-state index contributed by atoms with van der Waals surface area (Å²) in [4.78, 5) is 16.8. The normalized spacial score (nSPS) is 15.3. The van der Waals surface area contributed by atoms with E-state index in [1.54, 1.807) is 0 Å². The van der Waals surface area contributed by atoms with E-state index in [1.165, 1.54) is 11.1 Å². The molecule has 1 aliphatic heterocycles. The molecule has 2 aromatic carbocycles. The molecule has 4 nitrogen and oxygen atoms in total. The zero-order valence-corrected chi connectivity index (χ0v) is 15.8. The number of benzene rings is 2. The first-order chi connectivity index (χ1) is 12.6. The number of hydrogen-bond acceptors (Lipinski definition) is 2. The lowest BCUT2D eigenvalue weighted by molar-refractivity contribution is 0.148. The molecule has 0 radical (unpaired) electrons. The van der Waals surface area contributed by atoms with Crippen molar-refractivity contribution in [2.24, 2.45) is 0 Å². The number of hydrogen-bond donors (Lipinski definition) is 1. The topological polar surface area (TPSA) is 35.6 Å². The molecule has 0 unspecified atom stereocenters. The number of nitrogens with zero attached hydrogens (tertiary/aromatic N) is 2. The Morgan fingerprint density at radius 2 is 1.62 bits per heavy atom. The largest absolute Gasteiger partial charge is 0.322 e. The summed E-state index contributed by atoms with van der Waals surface area (Å²) in [5, 5.41) is 3.02. The Balaban J connectivity index is 1.43. The number of rotatable bonds is 5. The molecule has 0 atom stereocenters. The number of carbonyl (C=O) groups is 1. The van der Waals surface area contributed by atoms with E-state index in [9.17, 15) is 4.79 Å². The van der Waals surface area contributed by atoms with Crippen molar-refractivity contribution in [2.45, 2.75) is 26.2 Å². The minimum Gasteiger partial charge on any atom is -0.322 e. The van der Waals surface area contributed by atoms with Crippen molar-refractivity contribution in [3.63, 3.8) is 0 Å². The molecule has 1 saturated heterocycles. The van der Waals surface area contributed by atoms with E-state index in [0.29, 0.717) is 5.92 Å². The number of carbonyl (C=O) groups excluding carboxylic acids is 1. The average Bonchev–Trinajstić information content (AvgIpc) is 2.68. The fourth-order valence-electron chi connectivity index (χ4n) is 3.26. The molecule has 2 amide bonds. The Morgan fingerprint density at radius 1 is 0.962 bits per heavy atom. The van der Waals surface area contributed by atoms with Gasteiger partial charge >= 0.3 is 6.03 Å². The van der Waals surface area contributed by atoms with E-state index < -0.39 is 0 Å². The van der Waals surface area contributed by atoms with Crippen LogP contribution in [0.15, 0.2) is 54.6 Å². The van der Waals surface area contributed by atoms with Crippen molar-refractivity contribution in [3.8, 4) is 0 Å². The van der Waals surface area contributed by atoms with Crippen LogP contribution in [-0.2, 0) is 6.42 Å². The van der Waals surface area contributed by atoms with Crippen molar-refractivity contribution >= 4 is 11.7 Å². The second-order valence-corrected chi connectivity index (χ2v) is 7.27. The number of anilines is 1. The van der Waals surface area contributed by atoms with E-state index in [-0.39, 0.29) is 6.03 Å². The van der Waals surface area contributed by atoms with Crippen molar-refractivity contribution in [1.82, 2.24) is 9.80 Å². The highest BCUT2D eigenvalue weighted by atomic mass is 16.2. The predicted octanol–water partition coefficient (Wildman–Crippen LogP) is 4.20. The van der Waals surface area contributed by atoms with Gasteiger partial charge in [0.15, 0.2) is 0 Å². The van der Waals surface area contributed by atoms with Crippen LogP contribution in [0, 0.1) is 0 Å². The van der Waals surface area contributed by atoms with Crippen molar-refractivity contribution in [1.29, 1.82) is 0 Å². The Bertz CT molecular complexity index is 689. The molecule has 0 spiro atoms. The highest BCUT2D eigenvalue weighted by Crippen LogP contribution is 2.17. The first-order valence-corrected chi connectivity index (χ1v) is 9.54. The van der Waals surface area contributed by atoms with Gasteiger partial charge in [0.2, 0.25) is 0 Å². The SMILES string of the molecule is CC(C)c1ccc(NC(=O)N2CCN(CCc3ccccc3)CC2)cc1. The Labute approximate surface area is 156 Å². The summed E-state index contributed by atoms with van der Waals surface area (Å²) in [5.41, 5.74) is 3.53. The van der Waals surface area contributed by atoms with Crippen LogP contribution in [0.4, 0.5) is 10.5 Å². The van der Waals surface area contributed by atoms with Crippen LogP contribution in [-0.4, -0.2) is 48.6 Å². The summed E-state index contributed by atoms with van der Waals surface area (Å²) in [6.07, 6.45) is 1.06. The summed E-state index contributed by atoms with van der Waals surface area (Å²) >= 11 is 0. The van der Waals surface area contributed by atoms with E-state index in [1.807, 2.05) is 17.0 Å². The maximum Gasteiger partial charge on any atom is 0.321 e. The number of amides is 2. The van der Waals surface area contributed by atoms with Crippen molar-refractivity contribution in [3.05, 3.63) is 65.7 Å². The maximum absolute atomic E-state index is 12.5. The molecule has 0 bridgehead atoms. The monoisotopic (exact) mass is 351 g/mol. The van der Waals surface area contributed by atoms with Crippen molar-refractivity contribution in [2.75, 3.05) is 38.0 Å². The number of piperazine rings is 1. The number of nitrogens with one attached hydrogen (secondary N) is 1. The molecule has 0 aromatic heterocycles. The lowest BCUT2D eigenvalue weighted by Gasteiger charge is -2.34. The third kappa shape index (κ3) is 5.09. The molecular weight excluding hydrogens is 322 g/mol. The Kier molecular flexibility index (Phi) is 6.29. The summed E-state index contributed by atoms with van der Waals surface area (Å²) in [5.74, 6) is 0.503. The van der Waals surface area contributed by atoms with Gasteiger partial charge < -0.3 is 10.2 Å². The van der Waals surface area contributed by atoms with Crippen LogP contribution in [0.2, 0.25) is 0 Å². The summed E-state index contributed by atoms with van der Waals surface area (Å²) < 4.78 is 0. The fourth-order valence-corrected chi connectivity index (χ4v) is 3.26. The van der Waals surface area contributed by atoms with Gasteiger partial charge in [-0.05, 0) is 35.6 Å². The minimum atomic E-state index is 0.00464. The third-order valence-corrected chi connectivity index (χ3v) is 5.05. The molecule has 4 heteroatoms. The van der Waals surface area contributed by atoms with Crippen LogP contribution in [0.1, 0.15) is 30.9 Å². The van der Waals surface area contributed by atoms with E-state index in [2.05, 4.69) is 66.5 Å². The molecule has 26 heavy (non-hydrogen) atoms. The Hall–Kier alpha value is -2.33. The zero-order valence-electron chi connectivity index (χ0n) is 15.8. The average molecular weight is 351 g/mol. The van der Waals surface area contributed by atoms with Crippen LogP contribution < -0.4 is 5.32 Å². The molecule has 1 fully saturated rings. The van der Waals surface area contributed by atoms with Gasteiger partial charge in [-0.3, -0.25) is 4.90 Å². The highest BCUT2D eigenvalue weighted by molar-refractivity contribution is 5.89. The standard InChI is InChI=1S/C22H29N3O/c1-18(2)20-8-10-21(11-9-20)23-22(26)25-16-14-24(15-17-25)13-12-19-6-4-3-5-7-19/h3-11,18H,12-17H2,1-2H3,(H,23,26). The van der Waals surface area contributed by atoms with Crippen LogP contribution in [0.25, 0.3) is 0 Å². The second kappa shape index (κ2) is 8.86. The van der Waals surface area contributed by atoms with Crippen molar-refractivity contribution < 1.29 is 4.79 Å². The van der Waals surface area contributed by atoms with Gasteiger partial charge in [-0.25, -0.2) is 4.79 Å². The second-order valence-electron chi connectivity index (χ2n) is 7.27. The molecule has 2 aromatic rings. The van der Waals surface area contributed by atoms with Gasteiger partial charge in [0.1, 0.15) is 0 Å². The molecule has 3 rings (SSSR count). The fraction of sp³-hybridized carbons (Fsp3) is 0.409. The van der Waals surface area contributed by atoms with Gasteiger partial charge in [-0.15, -0.1) is 0 Å². The number of urea groups is 1. The molecular formula is C22H29N3O. The molecule has 0 aliphatic carbocycles. The van der Waals surface area contributed by atoms with Gasteiger partial charge in [0, 0.05) is 38.4 Å². The zero-order chi connectivity index (χ0) is 18.4. The van der Waals surface area contributed by atoms with Crippen LogP contribution >= 0.6 is 0 Å².